The highest BCUT2D eigenvalue weighted by atomic mass is 16.5. The third kappa shape index (κ3) is 4.45. The molecule has 2 aliphatic heterocycles. The predicted octanol–water partition coefficient (Wildman–Crippen LogP) is 1.21. The first-order valence-corrected chi connectivity index (χ1v) is 9.71. The van der Waals surface area contributed by atoms with Crippen molar-refractivity contribution in [3.63, 3.8) is 0 Å². The molecular formula is C19H29N7O. The fourth-order valence-electron chi connectivity index (χ4n) is 3.99. The molecule has 2 aromatic rings. The lowest BCUT2D eigenvalue weighted by atomic mass is 10.0. The van der Waals surface area contributed by atoms with Gasteiger partial charge in [-0.3, -0.25) is 19.5 Å². The van der Waals surface area contributed by atoms with Crippen LogP contribution in [0.4, 0.5) is 5.82 Å². The Bertz CT molecular complexity index is 740. The van der Waals surface area contributed by atoms with Gasteiger partial charge in [-0.25, -0.2) is 4.98 Å². The molecular weight excluding hydrogens is 342 g/mol. The molecule has 1 fully saturated rings. The van der Waals surface area contributed by atoms with Crippen LogP contribution in [0.15, 0.2) is 24.7 Å². The molecule has 0 radical (unpaired) electrons. The monoisotopic (exact) mass is 371 g/mol. The van der Waals surface area contributed by atoms with Crippen LogP contribution < -0.4 is 5.32 Å². The molecule has 1 saturated heterocycles. The quantitative estimate of drug-likeness (QED) is 0.818. The van der Waals surface area contributed by atoms with Gasteiger partial charge in [-0.2, -0.15) is 5.10 Å². The number of ether oxygens (including phenoxy) is 1. The molecule has 1 N–H and O–H groups in total. The van der Waals surface area contributed by atoms with E-state index in [0.29, 0.717) is 6.54 Å². The van der Waals surface area contributed by atoms with Crippen LogP contribution in [0.1, 0.15) is 25.2 Å². The molecule has 146 valence electrons. The van der Waals surface area contributed by atoms with Gasteiger partial charge in [0.15, 0.2) is 0 Å². The van der Waals surface area contributed by atoms with Gasteiger partial charge in [0.1, 0.15) is 5.82 Å². The van der Waals surface area contributed by atoms with Crippen molar-refractivity contribution >= 4 is 5.82 Å². The van der Waals surface area contributed by atoms with Gasteiger partial charge in [-0.05, 0) is 19.9 Å². The summed E-state index contributed by atoms with van der Waals surface area (Å²) in [5.74, 6) is 0.775. The molecule has 8 heteroatoms. The predicted molar refractivity (Wildman–Crippen MR) is 103 cm³/mol. The number of rotatable bonds is 6. The largest absolute Gasteiger partial charge is 0.379 e. The maximum atomic E-state index is 5.51. The minimum atomic E-state index is 0.155. The number of anilines is 1. The first kappa shape index (κ1) is 18.3. The van der Waals surface area contributed by atoms with Crippen LogP contribution in [0.25, 0.3) is 0 Å². The van der Waals surface area contributed by atoms with E-state index in [0.717, 1.165) is 64.0 Å². The Balaban J connectivity index is 1.34. The Hall–Kier alpha value is -2.03. The number of aromatic nitrogens is 4. The van der Waals surface area contributed by atoms with Crippen molar-refractivity contribution in [3.05, 3.63) is 36.0 Å². The molecule has 0 unspecified atom stereocenters. The number of morpholine rings is 1. The van der Waals surface area contributed by atoms with Gasteiger partial charge >= 0.3 is 0 Å². The molecule has 0 saturated carbocycles. The summed E-state index contributed by atoms with van der Waals surface area (Å²) in [5, 5.41) is 8.02. The summed E-state index contributed by atoms with van der Waals surface area (Å²) in [4.78, 5) is 13.4. The van der Waals surface area contributed by atoms with Crippen LogP contribution in [0, 0.1) is 0 Å². The van der Waals surface area contributed by atoms with Crippen LogP contribution in [0.2, 0.25) is 0 Å². The molecule has 0 aliphatic carbocycles. The summed E-state index contributed by atoms with van der Waals surface area (Å²) >= 11 is 0. The summed E-state index contributed by atoms with van der Waals surface area (Å²) in [6.45, 7) is 13.1. The topological polar surface area (TPSA) is 71.3 Å². The second kappa shape index (κ2) is 7.92. The molecule has 8 nitrogen and oxygen atoms in total. The Morgan fingerprint density at radius 2 is 2.00 bits per heavy atom. The van der Waals surface area contributed by atoms with Crippen LogP contribution in [0.3, 0.4) is 0 Å². The van der Waals surface area contributed by atoms with Crippen molar-refractivity contribution in [2.45, 2.75) is 39.0 Å². The van der Waals surface area contributed by atoms with Crippen LogP contribution >= 0.6 is 0 Å². The lowest BCUT2D eigenvalue weighted by molar-refractivity contribution is -0.0244. The normalized spacial score (nSPS) is 19.0. The average molecular weight is 371 g/mol. The molecule has 2 aromatic heterocycles. The van der Waals surface area contributed by atoms with E-state index in [-0.39, 0.29) is 5.54 Å². The average Bonchev–Trinajstić information content (AvgIpc) is 3.10. The molecule has 0 aromatic carbocycles. The first-order chi connectivity index (χ1) is 13.1. The van der Waals surface area contributed by atoms with Gasteiger partial charge in [0.05, 0.1) is 43.9 Å². The second-order valence-electron chi connectivity index (χ2n) is 7.92. The summed E-state index contributed by atoms with van der Waals surface area (Å²) in [7, 11) is 0. The Morgan fingerprint density at radius 3 is 2.78 bits per heavy atom. The third-order valence-corrected chi connectivity index (χ3v) is 5.42. The smallest absolute Gasteiger partial charge is 0.144 e. The second-order valence-corrected chi connectivity index (χ2v) is 7.92. The number of fused-ring (bicyclic) bond motifs is 1. The van der Waals surface area contributed by atoms with E-state index >= 15 is 0 Å². The van der Waals surface area contributed by atoms with Gasteiger partial charge in [0.25, 0.3) is 0 Å². The molecule has 0 bridgehead atoms. The van der Waals surface area contributed by atoms with Crippen molar-refractivity contribution in [1.29, 1.82) is 0 Å². The Labute approximate surface area is 160 Å². The Morgan fingerprint density at radius 1 is 1.15 bits per heavy atom. The first-order valence-electron chi connectivity index (χ1n) is 9.71. The fourth-order valence-corrected chi connectivity index (χ4v) is 3.99. The maximum Gasteiger partial charge on any atom is 0.144 e. The number of hydrogen-bond donors (Lipinski definition) is 1. The molecule has 0 amide bonds. The van der Waals surface area contributed by atoms with E-state index < -0.39 is 0 Å². The summed E-state index contributed by atoms with van der Waals surface area (Å²) in [6.07, 6.45) is 5.09. The van der Waals surface area contributed by atoms with Crippen LogP contribution in [-0.4, -0.2) is 74.5 Å². The number of nitrogens with zero attached hydrogens (tertiary/aromatic N) is 6. The summed E-state index contributed by atoms with van der Waals surface area (Å²) in [6, 6.07) is 2.21. The lowest BCUT2D eigenvalue weighted by Gasteiger charge is -2.44. The molecule has 0 atom stereocenters. The minimum Gasteiger partial charge on any atom is -0.379 e. The van der Waals surface area contributed by atoms with Crippen LogP contribution in [0.5, 0.6) is 0 Å². The van der Waals surface area contributed by atoms with Gasteiger partial charge < -0.3 is 10.1 Å². The van der Waals surface area contributed by atoms with Crippen molar-refractivity contribution in [2.24, 2.45) is 0 Å². The summed E-state index contributed by atoms with van der Waals surface area (Å²) in [5.41, 5.74) is 2.49. The molecule has 0 spiro atoms. The maximum absolute atomic E-state index is 5.51. The zero-order chi connectivity index (χ0) is 18.7. The highest BCUT2D eigenvalue weighted by Crippen LogP contribution is 2.21. The van der Waals surface area contributed by atoms with Crippen molar-refractivity contribution in [1.82, 2.24) is 29.5 Å². The Kier molecular flexibility index (Phi) is 5.38. The van der Waals surface area contributed by atoms with Gasteiger partial charge in [0.2, 0.25) is 0 Å². The highest BCUT2D eigenvalue weighted by molar-refractivity contribution is 5.31. The van der Waals surface area contributed by atoms with Gasteiger partial charge in [0, 0.05) is 50.7 Å². The van der Waals surface area contributed by atoms with E-state index in [1.54, 1.807) is 18.6 Å². The van der Waals surface area contributed by atoms with Crippen molar-refractivity contribution < 1.29 is 4.74 Å². The molecule has 27 heavy (non-hydrogen) atoms. The standard InChI is InChI=1S/C19H29N7O/c1-19(2,25-7-9-27-10-8-25)15-24-5-6-26-17(14-24)11-16(23-26)12-22-18-13-20-3-4-21-18/h3-4,11,13H,5-10,12,14-15H2,1-2H3,(H,21,22). The van der Waals surface area contributed by atoms with Crippen molar-refractivity contribution in [3.8, 4) is 0 Å². The van der Waals surface area contributed by atoms with E-state index in [1.807, 2.05) is 0 Å². The number of nitrogens with one attached hydrogen (secondary N) is 1. The SMILES string of the molecule is CC(C)(CN1CCn2nc(CNc3cnccn3)cc2C1)N1CCOCC1. The van der Waals surface area contributed by atoms with E-state index in [9.17, 15) is 0 Å². The lowest BCUT2D eigenvalue weighted by Crippen LogP contribution is -2.56. The van der Waals surface area contributed by atoms with Gasteiger partial charge in [-0.15, -0.1) is 0 Å². The van der Waals surface area contributed by atoms with E-state index in [4.69, 9.17) is 9.84 Å². The van der Waals surface area contributed by atoms with Crippen molar-refractivity contribution in [2.75, 3.05) is 44.7 Å². The third-order valence-electron chi connectivity index (χ3n) is 5.42. The molecule has 4 rings (SSSR count). The van der Waals surface area contributed by atoms with Gasteiger partial charge in [-0.1, -0.05) is 0 Å². The zero-order valence-corrected chi connectivity index (χ0v) is 16.3. The fraction of sp³-hybridized carbons (Fsp3) is 0.632. The van der Waals surface area contributed by atoms with E-state index in [1.165, 1.54) is 5.69 Å². The minimum absolute atomic E-state index is 0.155. The van der Waals surface area contributed by atoms with E-state index in [2.05, 4.69) is 49.7 Å². The number of hydrogen-bond acceptors (Lipinski definition) is 7. The highest BCUT2D eigenvalue weighted by Gasteiger charge is 2.31. The summed E-state index contributed by atoms with van der Waals surface area (Å²) < 4.78 is 7.65. The molecule has 4 heterocycles. The van der Waals surface area contributed by atoms with Crippen LogP contribution in [-0.2, 0) is 24.4 Å². The zero-order valence-electron chi connectivity index (χ0n) is 16.3. The molecule has 2 aliphatic rings.